The van der Waals surface area contributed by atoms with E-state index < -0.39 is 0 Å². The van der Waals surface area contributed by atoms with Gasteiger partial charge in [-0.15, -0.1) is 0 Å². The molecule has 0 aliphatic carbocycles. The minimum Gasteiger partial charge on any atom is -0.349 e. The Hall–Kier alpha value is -3.15. The summed E-state index contributed by atoms with van der Waals surface area (Å²) in [7, 11) is 0. The highest BCUT2D eigenvalue weighted by Gasteiger charge is 2.27. The van der Waals surface area contributed by atoms with Crippen LogP contribution in [-0.4, -0.2) is 39.8 Å². The second-order valence-electron chi connectivity index (χ2n) is 6.85. The van der Waals surface area contributed by atoms with E-state index >= 15 is 0 Å². The number of fused-ring (bicyclic) bond motifs is 1. The molecule has 2 heterocycles. The van der Waals surface area contributed by atoms with Gasteiger partial charge in [-0.3, -0.25) is 9.59 Å². The predicted molar refractivity (Wildman–Crippen MR) is 103 cm³/mol. The van der Waals surface area contributed by atoms with Crippen molar-refractivity contribution in [2.24, 2.45) is 5.92 Å². The molecule has 1 saturated heterocycles. The molecule has 1 fully saturated rings. The largest absolute Gasteiger partial charge is 0.349 e. The molecule has 2 N–H and O–H groups in total. The first-order valence-electron chi connectivity index (χ1n) is 9.26. The van der Waals surface area contributed by atoms with E-state index in [1.165, 1.54) is 0 Å². The molecule has 2 amide bonds. The highest BCUT2D eigenvalue weighted by Crippen LogP contribution is 2.19. The predicted octanol–water partition coefficient (Wildman–Crippen LogP) is 2.73. The second kappa shape index (κ2) is 7.61. The Kier molecular flexibility index (Phi) is 4.87. The molecule has 0 spiro atoms. The normalized spacial score (nSPS) is 15.0. The topological polar surface area (TPSA) is 78.1 Å². The lowest BCUT2D eigenvalue weighted by molar-refractivity contribution is -0.126. The van der Waals surface area contributed by atoms with Crippen LogP contribution in [-0.2, 0) is 11.3 Å². The van der Waals surface area contributed by atoms with E-state index in [1.807, 2.05) is 59.5 Å². The summed E-state index contributed by atoms with van der Waals surface area (Å²) in [6.45, 7) is 1.60. The van der Waals surface area contributed by atoms with Crippen molar-refractivity contribution in [3.05, 3.63) is 66.0 Å². The number of amides is 2. The lowest BCUT2D eigenvalue weighted by atomic mass is 9.95. The third kappa shape index (κ3) is 3.84. The zero-order valence-electron chi connectivity index (χ0n) is 15.0. The Morgan fingerprint density at radius 1 is 1.04 bits per heavy atom. The van der Waals surface area contributed by atoms with Crippen molar-refractivity contribution in [2.45, 2.75) is 19.4 Å². The van der Waals surface area contributed by atoms with E-state index in [0.29, 0.717) is 38.0 Å². The molecule has 2 aromatic carbocycles. The number of nitrogens with zero attached hydrogens (tertiary/aromatic N) is 2. The van der Waals surface area contributed by atoms with E-state index in [0.717, 1.165) is 16.9 Å². The van der Waals surface area contributed by atoms with Gasteiger partial charge >= 0.3 is 0 Å². The number of aromatic amines is 1. The van der Waals surface area contributed by atoms with Crippen LogP contribution in [0.5, 0.6) is 0 Å². The average molecular weight is 362 g/mol. The highest BCUT2D eigenvalue weighted by molar-refractivity contribution is 5.94. The lowest BCUT2D eigenvalue weighted by Crippen LogP contribution is -2.43. The van der Waals surface area contributed by atoms with Crippen LogP contribution in [0.25, 0.3) is 11.0 Å². The van der Waals surface area contributed by atoms with Gasteiger partial charge in [-0.1, -0.05) is 30.3 Å². The summed E-state index contributed by atoms with van der Waals surface area (Å²) in [5.74, 6) is 0.759. The zero-order chi connectivity index (χ0) is 18.6. The number of benzene rings is 2. The van der Waals surface area contributed by atoms with Crippen LogP contribution in [0, 0.1) is 5.92 Å². The molecule has 1 aliphatic heterocycles. The smallest absolute Gasteiger partial charge is 0.253 e. The zero-order valence-corrected chi connectivity index (χ0v) is 15.0. The lowest BCUT2D eigenvalue weighted by Gasteiger charge is -2.31. The number of aromatic nitrogens is 2. The first-order chi connectivity index (χ1) is 13.2. The third-order valence-electron chi connectivity index (χ3n) is 5.04. The maximum atomic E-state index is 12.5. The van der Waals surface area contributed by atoms with Gasteiger partial charge in [-0.05, 0) is 37.1 Å². The van der Waals surface area contributed by atoms with Crippen molar-refractivity contribution in [1.82, 2.24) is 20.2 Å². The van der Waals surface area contributed by atoms with Crippen molar-refractivity contribution < 1.29 is 9.59 Å². The number of rotatable bonds is 4. The first-order valence-corrected chi connectivity index (χ1v) is 9.26. The summed E-state index contributed by atoms with van der Waals surface area (Å²) in [6, 6.07) is 17.1. The molecule has 138 valence electrons. The van der Waals surface area contributed by atoms with Gasteiger partial charge in [-0.2, -0.15) is 0 Å². The van der Waals surface area contributed by atoms with E-state index in [2.05, 4.69) is 15.3 Å². The van der Waals surface area contributed by atoms with Gasteiger partial charge in [0, 0.05) is 24.6 Å². The summed E-state index contributed by atoms with van der Waals surface area (Å²) in [5.41, 5.74) is 2.56. The molecule has 6 nitrogen and oxygen atoms in total. The fourth-order valence-corrected chi connectivity index (χ4v) is 3.51. The van der Waals surface area contributed by atoms with Crippen molar-refractivity contribution in [3.63, 3.8) is 0 Å². The van der Waals surface area contributed by atoms with Crippen molar-refractivity contribution in [2.75, 3.05) is 13.1 Å². The Morgan fingerprint density at radius 2 is 1.74 bits per heavy atom. The molecule has 3 aromatic rings. The molecular weight excluding hydrogens is 340 g/mol. The van der Waals surface area contributed by atoms with Gasteiger partial charge in [0.2, 0.25) is 5.91 Å². The van der Waals surface area contributed by atoms with Gasteiger partial charge < -0.3 is 15.2 Å². The monoisotopic (exact) mass is 362 g/mol. The number of likely N-dealkylation sites (tertiary alicyclic amines) is 1. The number of hydrogen-bond acceptors (Lipinski definition) is 3. The first kappa shape index (κ1) is 17.3. The average Bonchev–Trinajstić information content (AvgIpc) is 3.15. The van der Waals surface area contributed by atoms with Gasteiger partial charge in [0.1, 0.15) is 5.82 Å². The molecular formula is C21H22N4O2. The maximum Gasteiger partial charge on any atom is 0.253 e. The van der Waals surface area contributed by atoms with Crippen LogP contribution in [0.4, 0.5) is 0 Å². The Morgan fingerprint density at radius 3 is 2.48 bits per heavy atom. The molecule has 27 heavy (non-hydrogen) atoms. The minimum absolute atomic E-state index is 0.0299. The van der Waals surface area contributed by atoms with E-state index in [-0.39, 0.29) is 17.7 Å². The van der Waals surface area contributed by atoms with E-state index in [1.54, 1.807) is 0 Å². The van der Waals surface area contributed by atoms with Crippen LogP contribution >= 0.6 is 0 Å². The number of para-hydroxylation sites is 2. The number of carbonyl (C=O) groups excluding carboxylic acids is 2. The second-order valence-corrected chi connectivity index (χ2v) is 6.85. The number of hydrogen-bond donors (Lipinski definition) is 2. The van der Waals surface area contributed by atoms with Gasteiger partial charge in [0.05, 0.1) is 17.6 Å². The quantitative estimate of drug-likeness (QED) is 0.749. The highest BCUT2D eigenvalue weighted by atomic mass is 16.2. The molecule has 6 heteroatoms. The van der Waals surface area contributed by atoms with Crippen molar-refractivity contribution >= 4 is 22.8 Å². The van der Waals surface area contributed by atoms with Crippen LogP contribution in [0.3, 0.4) is 0 Å². The summed E-state index contributed by atoms with van der Waals surface area (Å²) in [6.07, 6.45) is 1.37. The molecule has 0 saturated carbocycles. The number of nitrogens with one attached hydrogen (secondary N) is 2. The summed E-state index contributed by atoms with van der Waals surface area (Å²) >= 11 is 0. The number of piperidine rings is 1. The van der Waals surface area contributed by atoms with Crippen LogP contribution in [0.2, 0.25) is 0 Å². The van der Waals surface area contributed by atoms with Crippen LogP contribution in [0.15, 0.2) is 54.6 Å². The van der Waals surface area contributed by atoms with Crippen LogP contribution in [0.1, 0.15) is 29.0 Å². The van der Waals surface area contributed by atoms with Crippen molar-refractivity contribution in [1.29, 1.82) is 0 Å². The van der Waals surface area contributed by atoms with Gasteiger partial charge in [0.15, 0.2) is 0 Å². The van der Waals surface area contributed by atoms with Crippen LogP contribution < -0.4 is 5.32 Å². The Balaban J connectivity index is 1.29. The fourth-order valence-electron chi connectivity index (χ4n) is 3.51. The number of imidazole rings is 1. The van der Waals surface area contributed by atoms with Crippen molar-refractivity contribution in [3.8, 4) is 0 Å². The molecule has 0 radical (unpaired) electrons. The third-order valence-corrected chi connectivity index (χ3v) is 5.04. The standard InChI is InChI=1S/C21H22N4O2/c26-20(22-14-19-23-17-8-4-5-9-18(17)24-19)15-10-12-25(13-11-15)21(27)16-6-2-1-3-7-16/h1-9,15H,10-14H2,(H,22,26)(H,23,24). The molecule has 0 bridgehead atoms. The SMILES string of the molecule is O=C(NCc1nc2ccccc2[nH]1)C1CCN(C(=O)c2ccccc2)CC1. The summed E-state index contributed by atoms with van der Waals surface area (Å²) in [4.78, 5) is 34.5. The van der Waals surface area contributed by atoms with E-state index in [9.17, 15) is 9.59 Å². The summed E-state index contributed by atoms with van der Waals surface area (Å²) < 4.78 is 0. The molecule has 0 atom stereocenters. The molecule has 4 rings (SSSR count). The van der Waals surface area contributed by atoms with Gasteiger partial charge in [-0.25, -0.2) is 4.98 Å². The Labute approximate surface area is 157 Å². The molecule has 0 unspecified atom stereocenters. The maximum absolute atomic E-state index is 12.5. The Bertz CT molecular complexity index is 910. The van der Waals surface area contributed by atoms with Gasteiger partial charge in [0.25, 0.3) is 5.91 Å². The molecule has 1 aromatic heterocycles. The summed E-state index contributed by atoms with van der Waals surface area (Å²) in [5, 5.41) is 2.97. The van der Waals surface area contributed by atoms with E-state index in [4.69, 9.17) is 0 Å². The molecule has 1 aliphatic rings. The minimum atomic E-state index is -0.0609. The fraction of sp³-hybridized carbons (Fsp3) is 0.286. The number of H-pyrrole nitrogens is 1. The number of carbonyl (C=O) groups is 2.